The topological polar surface area (TPSA) is 152 Å². The number of hydrogen-bond donors (Lipinski definition) is 4. The van der Waals surface area contributed by atoms with Crippen LogP contribution in [0.15, 0.2) is 0 Å². The van der Waals surface area contributed by atoms with Crippen LogP contribution in [0, 0.1) is 5.41 Å². The Balaban J connectivity index is 5.04. The van der Waals surface area contributed by atoms with Crippen LogP contribution >= 0.6 is 15.6 Å². The molecule has 0 saturated heterocycles. The Hall–Kier alpha value is 0.140. The van der Waals surface area contributed by atoms with Crippen molar-refractivity contribution in [3.63, 3.8) is 0 Å². The highest BCUT2D eigenvalue weighted by molar-refractivity contribution is 7.61. The molecule has 0 aromatic heterocycles. The Kier molecular flexibility index (Phi) is 9.64. The number of aliphatic hydroxyl groups excluding tert-OH is 3. The minimum Gasteiger partial charge on any atom is -0.396 e. The highest BCUT2D eigenvalue weighted by atomic mass is 31.3. The summed E-state index contributed by atoms with van der Waals surface area (Å²) in [5, 5.41) is 27.4. The van der Waals surface area contributed by atoms with Crippen LogP contribution in [-0.2, 0) is 27.0 Å². The van der Waals surface area contributed by atoms with Crippen molar-refractivity contribution in [3.05, 3.63) is 0 Å². The molecule has 1 unspecified atom stereocenters. The van der Waals surface area contributed by atoms with E-state index in [1.54, 1.807) is 0 Å². The summed E-state index contributed by atoms with van der Waals surface area (Å²) >= 11 is 0. The number of rotatable bonds is 12. The number of aliphatic hydroxyl groups is 3. The summed E-state index contributed by atoms with van der Waals surface area (Å²) in [4.78, 5) is 9.66. The molecule has 0 fully saturated rings. The van der Waals surface area contributed by atoms with Gasteiger partial charge >= 0.3 is 15.6 Å². The van der Waals surface area contributed by atoms with Gasteiger partial charge in [-0.2, -0.15) is 4.31 Å². The molecule has 0 saturated carbocycles. The largest absolute Gasteiger partial charge is 0.484 e. The van der Waals surface area contributed by atoms with E-state index in [9.17, 15) is 14.0 Å². The predicted octanol–water partition coefficient (Wildman–Crippen LogP) is 1.04. The van der Waals surface area contributed by atoms with Gasteiger partial charge < -0.3 is 20.2 Å². The van der Waals surface area contributed by atoms with Crippen molar-refractivity contribution in [3.8, 4) is 0 Å². The maximum Gasteiger partial charge on any atom is 0.484 e. The fourth-order valence-electron chi connectivity index (χ4n) is 1.24. The van der Waals surface area contributed by atoms with E-state index in [0.29, 0.717) is 0 Å². The van der Waals surface area contributed by atoms with Gasteiger partial charge in [0.2, 0.25) is 0 Å². The summed E-state index contributed by atoms with van der Waals surface area (Å²) in [5.74, 6) is 0. The lowest BCUT2D eigenvalue weighted by molar-refractivity contribution is -0.0323. The molecule has 0 aliphatic heterocycles. The van der Waals surface area contributed by atoms with Crippen molar-refractivity contribution in [2.45, 2.75) is 39.9 Å². The van der Waals surface area contributed by atoms with Crippen LogP contribution < -0.4 is 0 Å². The molecule has 0 bridgehead atoms. The summed E-state index contributed by atoms with van der Waals surface area (Å²) < 4.78 is 43.3. The van der Waals surface area contributed by atoms with Crippen LogP contribution in [0.25, 0.3) is 0 Å². The molecule has 10 nitrogen and oxygen atoms in total. The molecule has 0 aliphatic carbocycles. The van der Waals surface area contributed by atoms with Gasteiger partial charge in [0.1, 0.15) is 0 Å². The van der Waals surface area contributed by atoms with Crippen LogP contribution in [0.3, 0.4) is 0 Å². The molecule has 0 radical (unpaired) electrons. The first-order chi connectivity index (χ1) is 10.4. The Labute approximate surface area is 135 Å². The van der Waals surface area contributed by atoms with Gasteiger partial charge in [0.05, 0.1) is 44.1 Å². The fraction of sp³-hybridized carbons (Fsp3) is 1.00. The third-order valence-corrected chi connectivity index (χ3v) is 5.86. The molecule has 0 aromatic rings. The molecule has 0 aliphatic rings. The molecule has 23 heavy (non-hydrogen) atoms. The lowest BCUT2D eigenvalue weighted by atomic mass is 9.93. The van der Waals surface area contributed by atoms with Crippen molar-refractivity contribution >= 4 is 15.6 Å². The van der Waals surface area contributed by atoms with Gasteiger partial charge in [-0.3, -0.25) is 13.6 Å². The lowest BCUT2D eigenvalue weighted by Crippen LogP contribution is -2.38. The molecule has 1 atom stereocenters. The number of phosphoric acid groups is 2. The van der Waals surface area contributed by atoms with Gasteiger partial charge in [0.15, 0.2) is 0 Å². The van der Waals surface area contributed by atoms with E-state index in [0.717, 1.165) is 0 Å². The van der Waals surface area contributed by atoms with E-state index in [4.69, 9.17) is 24.4 Å². The van der Waals surface area contributed by atoms with E-state index < -0.39 is 59.7 Å². The van der Waals surface area contributed by atoms with Crippen LogP contribution in [-0.4, -0.2) is 58.8 Å². The van der Waals surface area contributed by atoms with Gasteiger partial charge in [0.25, 0.3) is 0 Å². The summed E-state index contributed by atoms with van der Waals surface area (Å²) in [5.41, 5.74) is -1.55. The Morgan fingerprint density at radius 3 is 1.61 bits per heavy atom. The van der Waals surface area contributed by atoms with Crippen LogP contribution in [0.1, 0.15) is 27.7 Å². The highest BCUT2D eigenvalue weighted by Crippen LogP contribution is 2.64. The molecule has 0 rings (SSSR count). The molecular formula is C11H26O10P2. The van der Waals surface area contributed by atoms with Gasteiger partial charge in [-0.25, -0.2) is 9.13 Å². The quantitative estimate of drug-likeness (QED) is 0.361. The average molecular weight is 380 g/mol. The standard InChI is InChI=1S/C11H26O10P2/c1-9(2)19-23(17,20-10(3)4)21-22(15,16)18-8-11(5-12,6-13)7-14/h9-10,12-14H,5-8H2,1-4H3,(H,15,16). The Bertz CT molecular complexity index is 412. The second-order valence-corrected chi connectivity index (χ2v) is 8.72. The first-order valence-electron chi connectivity index (χ1n) is 6.91. The first kappa shape index (κ1) is 23.1. The summed E-state index contributed by atoms with van der Waals surface area (Å²) in [6.45, 7) is 3.27. The van der Waals surface area contributed by atoms with E-state index in [1.807, 2.05) is 0 Å². The normalized spacial score (nSPS) is 16.1. The number of phosphoric ester groups is 2. The zero-order chi connectivity index (χ0) is 18.3. The minimum absolute atomic E-state index is 0.619. The molecule has 0 amide bonds. The second-order valence-electron chi connectivity index (χ2n) is 5.55. The van der Waals surface area contributed by atoms with Gasteiger partial charge in [0, 0.05) is 0 Å². The molecule has 0 heterocycles. The van der Waals surface area contributed by atoms with Crippen molar-refractivity contribution in [1.29, 1.82) is 0 Å². The summed E-state index contributed by atoms with van der Waals surface area (Å²) in [7, 11) is -9.30. The average Bonchev–Trinajstić information content (AvgIpc) is 2.37. The van der Waals surface area contributed by atoms with E-state index in [-0.39, 0.29) is 0 Å². The molecular weight excluding hydrogens is 354 g/mol. The highest BCUT2D eigenvalue weighted by Gasteiger charge is 2.41. The number of hydrogen-bond acceptors (Lipinski definition) is 9. The van der Waals surface area contributed by atoms with Gasteiger partial charge in [-0.05, 0) is 27.7 Å². The first-order valence-corrected chi connectivity index (χ1v) is 9.87. The molecule has 12 heteroatoms. The van der Waals surface area contributed by atoms with Crippen LogP contribution in [0.4, 0.5) is 0 Å². The third kappa shape index (κ3) is 8.69. The molecule has 0 aromatic carbocycles. The van der Waals surface area contributed by atoms with Crippen molar-refractivity contribution < 1.29 is 47.2 Å². The monoisotopic (exact) mass is 380 g/mol. The summed E-state index contributed by atoms with van der Waals surface area (Å²) in [6, 6.07) is 0. The summed E-state index contributed by atoms with van der Waals surface area (Å²) in [6.07, 6.45) is -1.24. The zero-order valence-corrected chi connectivity index (χ0v) is 15.4. The maximum absolute atomic E-state index is 12.4. The van der Waals surface area contributed by atoms with Gasteiger partial charge in [-0.15, -0.1) is 0 Å². The molecule has 0 spiro atoms. The minimum atomic E-state index is -4.91. The van der Waals surface area contributed by atoms with E-state index in [2.05, 4.69) is 8.83 Å². The smallest absolute Gasteiger partial charge is 0.396 e. The maximum atomic E-state index is 12.4. The molecule has 140 valence electrons. The van der Waals surface area contributed by atoms with Crippen LogP contribution in [0.5, 0.6) is 0 Å². The van der Waals surface area contributed by atoms with Crippen LogP contribution in [0.2, 0.25) is 0 Å². The van der Waals surface area contributed by atoms with E-state index >= 15 is 0 Å². The Morgan fingerprint density at radius 1 is 0.913 bits per heavy atom. The SMILES string of the molecule is CC(C)OP(=O)(OC(C)C)OP(=O)(O)OCC(CO)(CO)CO. The Morgan fingerprint density at radius 2 is 1.30 bits per heavy atom. The predicted molar refractivity (Wildman–Crippen MR) is 80.6 cm³/mol. The van der Waals surface area contributed by atoms with E-state index in [1.165, 1.54) is 27.7 Å². The van der Waals surface area contributed by atoms with Crippen molar-refractivity contribution in [1.82, 2.24) is 0 Å². The fourth-order valence-corrected chi connectivity index (χ4v) is 4.26. The van der Waals surface area contributed by atoms with Crippen molar-refractivity contribution in [2.24, 2.45) is 5.41 Å². The molecule has 4 N–H and O–H groups in total. The second kappa shape index (κ2) is 9.58. The van der Waals surface area contributed by atoms with Gasteiger partial charge in [-0.1, -0.05) is 0 Å². The lowest BCUT2D eigenvalue weighted by Gasteiger charge is -2.28. The van der Waals surface area contributed by atoms with Crippen molar-refractivity contribution in [2.75, 3.05) is 26.4 Å². The zero-order valence-electron chi connectivity index (χ0n) is 13.6. The third-order valence-electron chi connectivity index (χ3n) is 2.42.